The molecule has 1 aliphatic rings. The monoisotopic (exact) mass is 496 g/mol. The Kier molecular flexibility index (Phi) is 7.78. The van der Waals surface area contributed by atoms with Gasteiger partial charge in [0.1, 0.15) is 11.6 Å². The number of aromatic nitrogens is 4. The van der Waals surface area contributed by atoms with Crippen molar-refractivity contribution in [3.05, 3.63) is 78.2 Å². The smallest absolute Gasteiger partial charge is 0.222 e. The summed E-state index contributed by atoms with van der Waals surface area (Å²) in [6, 6.07) is 20.4. The Hall–Kier alpha value is -3.74. The van der Waals surface area contributed by atoms with Crippen LogP contribution in [-0.2, 0) is 11.2 Å². The van der Waals surface area contributed by atoms with Gasteiger partial charge >= 0.3 is 0 Å². The van der Waals surface area contributed by atoms with E-state index in [4.69, 9.17) is 15.1 Å². The molecule has 1 atom stereocenters. The van der Waals surface area contributed by atoms with Crippen molar-refractivity contribution in [2.45, 2.75) is 51.9 Å². The van der Waals surface area contributed by atoms with Gasteiger partial charge in [0.25, 0.3) is 0 Å². The van der Waals surface area contributed by atoms with Crippen LogP contribution in [0.25, 0.3) is 16.7 Å². The molecule has 1 amide bonds. The van der Waals surface area contributed by atoms with Crippen LogP contribution in [0.1, 0.15) is 56.8 Å². The van der Waals surface area contributed by atoms with Crippen LogP contribution in [0.5, 0.6) is 0 Å². The van der Waals surface area contributed by atoms with Gasteiger partial charge in [-0.05, 0) is 37.0 Å². The third-order valence-corrected chi connectivity index (χ3v) is 7.21. The van der Waals surface area contributed by atoms with Crippen molar-refractivity contribution in [3.63, 3.8) is 0 Å². The molecule has 0 N–H and O–H groups in total. The van der Waals surface area contributed by atoms with Gasteiger partial charge in [0.15, 0.2) is 5.65 Å². The second-order valence-corrected chi connectivity index (χ2v) is 9.93. The summed E-state index contributed by atoms with van der Waals surface area (Å²) in [6.07, 6.45) is 6.25. The Morgan fingerprint density at radius 1 is 0.946 bits per heavy atom. The number of benzene rings is 2. The van der Waals surface area contributed by atoms with Crippen molar-refractivity contribution >= 4 is 22.8 Å². The van der Waals surface area contributed by atoms with Crippen molar-refractivity contribution < 1.29 is 4.79 Å². The molecule has 1 aliphatic heterocycles. The summed E-state index contributed by atoms with van der Waals surface area (Å²) in [5.74, 6) is 2.29. The summed E-state index contributed by atoms with van der Waals surface area (Å²) in [6.45, 7) is 7.48. The van der Waals surface area contributed by atoms with Crippen LogP contribution in [0.15, 0.2) is 66.9 Å². The molecule has 7 nitrogen and oxygen atoms in total. The van der Waals surface area contributed by atoms with E-state index in [0.29, 0.717) is 13.0 Å². The van der Waals surface area contributed by atoms with Gasteiger partial charge in [-0.25, -0.2) is 14.6 Å². The maximum Gasteiger partial charge on any atom is 0.222 e. The maximum atomic E-state index is 13.0. The molecule has 0 radical (unpaired) electrons. The normalized spacial score (nSPS) is 15.1. The number of amides is 1. The number of para-hydroxylation sites is 1. The highest BCUT2D eigenvalue weighted by atomic mass is 16.2. The second-order valence-electron chi connectivity index (χ2n) is 9.93. The predicted octanol–water partition coefficient (Wildman–Crippen LogP) is 5.39. The number of hydrogen-bond donors (Lipinski definition) is 0. The second kappa shape index (κ2) is 11.5. The minimum absolute atomic E-state index is 0.229. The lowest BCUT2D eigenvalue weighted by molar-refractivity contribution is -0.130. The number of hydrogen-bond acceptors (Lipinski definition) is 5. The number of aryl methyl sites for hydroxylation is 1. The summed E-state index contributed by atoms with van der Waals surface area (Å²) in [5.41, 5.74) is 3.04. The molecular weight excluding hydrogens is 460 g/mol. The molecule has 0 bridgehead atoms. The molecule has 0 saturated carbocycles. The van der Waals surface area contributed by atoms with Crippen molar-refractivity contribution in [2.75, 3.05) is 31.1 Å². The Balaban J connectivity index is 1.39. The van der Waals surface area contributed by atoms with Crippen LogP contribution >= 0.6 is 0 Å². The zero-order chi connectivity index (χ0) is 25.6. The van der Waals surface area contributed by atoms with Crippen LogP contribution in [-0.4, -0.2) is 56.7 Å². The third kappa shape index (κ3) is 5.66. The number of fused-ring (bicyclic) bond motifs is 1. The zero-order valence-corrected chi connectivity index (χ0v) is 21.9. The molecule has 4 aromatic rings. The molecule has 7 heteroatoms. The molecule has 0 unspecified atom stereocenters. The van der Waals surface area contributed by atoms with Crippen LogP contribution in [0.2, 0.25) is 0 Å². The number of rotatable bonds is 8. The van der Waals surface area contributed by atoms with Crippen LogP contribution in [0.3, 0.4) is 0 Å². The van der Waals surface area contributed by atoms with Crippen molar-refractivity contribution in [1.29, 1.82) is 0 Å². The molecule has 3 heterocycles. The number of nitrogens with zero attached hydrogens (tertiary/aromatic N) is 6. The lowest BCUT2D eigenvalue weighted by Crippen LogP contribution is -2.35. The first-order valence-corrected chi connectivity index (χ1v) is 13.5. The lowest BCUT2D eigenvalue weighted by Gasteiger charge is -2.24. The van der Waals surface area contributed by atoms with Gasteiger partial charge in [0, 0.05) is 38.5 Å². The van der Waals surface area contributed by atoms with Gasteiger partial charge in [-0.1, -0.05) is 68.8 Å². The molecule has 37 heavy (non-hydrogen) atoms. The average Bonchev–Trinajstić information content (AvgIpc) is 3.21. The average molecular weight is 497 g/mol. The largest absolute Gasteiger partial charge is 0.354 e. The number of anilines is 1. The van der Waals surface area contributed by atoms with E-state index < -0.39 is 0 Å². The molecule has 0 spiro atoms. The predicted molar refractivity (Wildman–Crippen MR) is 148 cm³/mol. The summed E-state index contributed by atoms with van der Waals surface area (Å²) in [5, 5.41) is 5.67. The first kappa shape index (κ1) is 24.9. The van der Waals surface area contributed by atoms with E-state index in [2.05, 4.69) is 30.9 Å². The van der Waals surface area contributed by atoms with Gasteiger partial charge < -0.3 is 9.80 Å². The SMILES string of the molecule is CCC[C@H](C)c1nc(N2CCCN(C(=O)CCc3ccccc3)CC2)c2cnn(-c3ccccc3)c2n1. The lowest BCUT2D eigenvalue weighted by atomic mass is 10.1. The summed E-state index contributed by atoms with van der Waals surface area (Å²) >= 11 is 0. The summed E-state index contributed by atoms with van der Waals surface area (Å²) in [4.78, 5) is 27.5. The van der Waals surface area contributed by atoms with Gasteiger partial charge in [-0.3, -0.25) is 4.79 Å². The molecule has 2 aromatic carbocycles. The highest BCUT2D eigenvalue weighted by molar-refractivity contribution is 5.88. The van der Waals surface area contributed by atoms with Crippen LogP contribution < -0.4 is 4.90 Å². The van der Waals surface area contributed by atoms with Crippen LogP contribution in [0, 0.1) is 0 Å². The Bertz CT molecular complexity index is 1320. The first-order chi connectivity index (χ1) is 18.1. The Labute approximate surface area is 219 Å². The fourth-order valence-electron chi connectivity index (χ4n) is 5.12. The van der Waals surface area contributed by atoms with E-state index in [1.54, 1.807) is 0 Å². The van der Waals surface area contributed by atoms with E-state index in [1.807, 2.05) is 64.3 Å². The Morgan fingerprint density at radius 3 is 2.46 bits per heavy atom. The zero-order valence-electron chi connectivity index (χ0n) is 21.9. The highest BCUT2D eigenvalue weighted by Gasteiger charge is 2.24. The maximum absolute atomic E-state index is 13.0. The van der Waals surface area contributed by atoms with Crippen LogP contribution in [0.4, 0.5) is 5.82 Å². The minimum Gasteiger partial charge on any atom is -0.354 e. The summed E-state index contributed by atoms with van der Waals surface area (Å²) in [7, 11) is 0. The fourth-order valence-corrected chi connectivity index (χ4v) is 5.12. The van der Waals surface area contributed by atoms with Crippen molar-refractivity contribution in [1.82, 2.24) is 24.6 Å². The molecule has 2 aromatic heterocycles. The molecular formula is C30H36N6O. The van der Waals surface area contributed by atoms with Crippen molar-refractivity contribution in [2.24, 2.45) is 0 Å². The van der Waals surface area contributed by atoms with Gasteiger partial charge in [0.05, 0.1) is 17.3 Å². The standard InChI is InChI=1S/C30H36N6O/c1-3-11-23(2)28-32-29(26-22-31-36(30(26)33-28)25-14-8-5-9-15-25)35-19-10-18-34(20-21-35)27(37)17-16-24-12-6-4-7-13-24/h4-9,12-15,22-23H,3,10-11,16-21H2,1-2H3/t23-/m0/s1. The Morgan fingerprint density at radius 2 is 1.70 bits per heavy atom. The first-order valence-electron chi connectivity index (χ1n) is 13.5. The number of carbonyl (C=O) groups is 1. The highest BCUT2D eigenvalue weighted by Crippen LogP contribution is 2.29. The topological polar surface area (TPSA) is 67.2 Å². The molecule has 1 fully saturated rings. The molecule has 1 saturated heterocycles. The molecule has 0 aliphatic carbocycles. The third-order valence-electron chi connectivity index (χ3n) is 7.21. The van der Waals surface area contributed by atoms with Crippen molar-refractivity contribution in [3.8, 4) is 5.69 Å². The van der Waals surface area contributed by atoms with Gasteiger partial charge in [-0.15, -0.1) is 0 Å². The van der Waals surface area contributed by atoms with E-state index in [9.17, 15) is 4.79 Å². The quantitative estimate of drug-likeness (QED) is 0.327. The minimum atomic E-state index is 0.229. The number of carbonyl (C=O) groups excluding carboxylic acids is 1. The van der Waals surface area contributed by atoms with E-state index in [0.717, 1.165) is 73.7 Å². The van der Waals surface area contributed by atoms with E-state index in [-0.39, 0.29) is 11.8 Å². The fraction of sp³-hybridized carbons (Fsp3) is 0.400. The van der Waals surface area contributed by atoms with E-state index >= 15 is 0 Å². The molecule has 5 rings (SSSR count). The van der Waals surface area contributed by atoms with Gasteiger partial charge in [0.2, 0.25) is 5.91 Å². The summed E-state index contributed by atoms with van der Waals surface area (Å²) < 4.78 is 1.92. The molecule has 192 valence electrons. The van der Waals surface area contributed by atoms with Gasteiger partial charge in [-0.2, -0.15) is 5.10 Å². The van der Waals surface area contributed by atoms with E-state index in [1.165, 1.54) is 5.56 Å².